The SMILES string of the molecule is CC(C)Oc1cc(-n2nc(C(C)(C)C)oc2=O)c(Cl)cc1Cl.CCNc1nc(Cl)nc(NC(C)(C)C#N)n1.C[S+](C)C.O=C(O)CNCP(=O)([O-])O. The summed E-state index contributed by atoms with van der Waals surface area (Å²) >= 11 is 18.0. The van der Waals surface area contributed by atoms with Gasteiger partial charge in [0, 0.05) is 18.0 Å². The lowest BCUT2D eigenvalue weighted by Gasteiger charge is -2.17. The van der Waals surface area contributed by atoms with Gasteiger partial charge < -0.3 is 39.2 Å². The van der Waals surface area contributed by atoms with Gasteiger partial charge in [0.25, 0.3) is 0 Å². The Hall–Kier alpha value is -3.14. The zero-order chi connectivity index (χ0) is 40.6. The van der Waals surface area contributed by atoms with Gasteiger partial charge in [-0.3, -0.25) is 10.1 Å². The molecule has 0 radical (unpaired) electrons. The number of nitrogens with zero attached hydrogens (tertiary/aromatic N) is 6. The Morgan fingerprint density at radius 2 is 1.67 bits per heavy atom. The summed E-state index contributed by atoms with van der Waals surface area (Å²) in [6.45, 7) is 15.0. The maximum atomic E-state index is 12.1. The number of halogens is 3. The second-order valence-corrected chi connectivity index (χ2v) is 17.9. The molecule has 22 heteroatoms. The summed E-state index contributed by atoms with van der Waals surface area (Å²) in [4.78, 5) is 51.7. The molecule has 0 bridgehead atoms. The van der Waals surface area contributed by atoms with Gasteiger partial charge >= 0.3 is 11.7 Å². The number of carboxylic acids is 1. The first-order valence-electron chi connectivity index (χ1n) is 15.3. The van der Waals surface area contributed by atoms with E-state index in [-0.39, 0.29) is 27.8 Å². The monoisotopic (exact) mass is 829 g/mol. The Bertz CT molecular complexity index is 1740. The number of benzene rings is 1. The van der Waals surface area contributed by atoms with Crippen molar-refractivity contribution in [2.75, 3.05) is 48.8 Å². The van der Waals surface area contributed by atoms with Crippen LogP contribution in [0.15, 0.2) is 21.3 Å². The molecule has 0 saturated heterocycles. The second kappa shape index (κ2) is 22.2. The van der Waals surface area contributed by atoms with Crippen molar-refractivity contribution >= 4 is 71.2 Å². The molecule has 17 nitrogen and oxygen atoms in total. The number of ether oxygens (including phenoxy) is 1. The standard InChI is InChI=1S/C15H18Cl2N2O3.C9H13ClN6.C3H8NO5P.C3H9S/c1-8(2)21-12-7-11(9(16)6-10(12)17)19-14(20)22-13(18-19)15(3,4)5;1-4-12-7-13-6(10)14-8(15-7)16-9(2,3)5-11;5-3(6)1-4-2-10(7,8)9;1-4(2)3/h6-8H,1-5H3;4H2,1-3H3,(H2,12,13,14,15,16);4H,1-2H2,(H,5,6)(H2,7,8,9);1-3H3/q;;;+1/p-1. The third-order valence-corrected chi connectivity index (χ3v) is 6.41. The molecule has 1 unspecified atom stereocenters. The molecule has 0 fully saturated rings. The van der Waals surface area contributed by atoms with Crippen molar-refractivity contribution in [3.8, 4) is 17.5 Å². The fraction of sp³-hybridized carbons (Fsp3) is 0.567. The van der Waals surface area contributed by atoms with E-state index in [9.17, 15) is 19.0 Å². The Labute approximate surface area is 321 Å². The first-order valence-corrected chi connectivity index (χ1v) is 20.6. The Kier molecular flexibility index (Phi) is 20.8. The van der Waals surface area contributed by atoms with E-state index in [1.54, 1.807) is 19.9 Å². The van der Waals surface area contributed by atoms with E-state index in [0.29, 0.717) is 45.7 Å². The molecule has 2 aromatic heterocycles. The number of carbonyl (C=O) groups is 1. The summed E-state index contributed by atoms with van der Waals surface area (Å²) in [5.41, 5.74) is -0.777. The lowest BCUT2D eigenvalue weighted by atomic mass is 9.97. The first-order chi connectivity index (χ1) is 23.7. The Morgan fingerprint density at radius 3 is 2.12 bits per heavy atom. The van der Waals surface area contributed by atoms with Crippen LogP contribution in [0.2, 0.25) is 15.3 Å². The van der Waals surface area contributed by atoms with Crippen LogP contribution in [0.4, 0.5) is 11.9 Å². The highest BCUT2D eigenvalue weighted by Crippen LogP contribution is 2.33. The van der Waals surface area contributed by atoms with E-state index in [4.69, 9.17) is 59.2 Å². The van der Waals surface area contributed by atoms with Crippen LogP contribution in [-0.4, -0.2) is 90.5 Å². The molecular formula is C30H47Cl3N9O8PS. The number of aromatic nitrogens is 5. The molecule has 52 heavy (non-hydrogen) atoms. The highest BCUT2D eigenvalue weighted by atomic mass is 35.5. The molecule has 0 amide bonds. The van der Waals surface area contributed by atoms with Gasteiger partial charge in [0.1, 0.15) is 18.9 Å². The molecular weight excluding hydrogens is 784 g/mol. The van der Waals surface area contributed by atoms with Gasteiger partial charge in [0.15, 0.2) is 0 Å². The first kappa shape index (κ1) is 48.9. The Balaban J connectivity index is 0.000000759. The molecule has 5 N–H and O–H groups in total. The average Bonchev–Trinajstić information content (AvgIpc) is 3.35. The topological polar surface area (TPSA) is 253 Å². The molecule has 0 aliphatic heterocycles. The number of aliphatic carboxylic acids is 1. The minimum Gasteiger partial charge on any atom is -0.778 e. The summed E-state index contributed by atoms with van der Waals surface area (Å²) in [6.07, 6.45) is 5.81. The van der Waals surface area contributed by atoms with E-state index in [1.807, 2.05) is 46.9 Å². The van der Waals surface area contributed by atoms with Crippen molar-refractivity contribution in [2.24, 2.45) is 0 Å². The van der Waals surface area contributed by atoms with Gasteiger partial charge in [-0.1, -0.05) is 44.0 Å². The highest BCUT2D eigenvalue weighted by Gasteiger charge is 2.24. The van der Waals surface area contributed by atoms with Crippen LogP contribution in [0.1, 0.15) is 61.3 Å². The summed E-state index contributed by atoms with van der Waals surface area (Å²) in [5.74, 6) is -0.350. The van der Waals surface area contributed by atoms with Crippen LogP contribution in [0.25, 0.3) is 5.69 Å². The maximum Gasteiger partial charge on any atom is 0.442 e. The number of carboxylic acid groups (broad SMARTS) is 1. The van der Waals surface area contributed by atoms with Crippen LogP contribution in [-0.2, 0) is 25.7 Å². The van der Waals surface area contributed by atoms with Crippen molar-refractivity contribution in [3.05, 3.63) is 43.9 Å². The van der Waals surface area contributed by atoms with E-state index in [0.717, 1.165) is 4.68 Å². The normalized spacial score (nSPS) is 12.2. The lowest BCUT2D eigenvalue weighted by Crippen LogP contribution is -2.29. The van der Waals surface area contributed by atoms with Crippen LogP contribution in [0.3, 0.4) is 0 Å². The van der Waals surface area contributed by atoms with E-state index < -0.39 is 37.7 Å². The quantitative estimate of drug-likeness (QED) is 0.131. The van der Waals surface area contributed by atoms with Crippen LogP contribution in [0.5, 0.6) is 5.75 Å². The van der Waals surface area contributed by atoms with Crippen LogP contribution in [0, 0.1) is 11.3 Å². The third kappa shape index (κ3) is 20.8. The minimum atomic E-state index is -4.35. The molecule has 0 spiro atoms. The Morgan fingerprint density at radius 1 is 1.12 bits per heavy atom. The number of anilines is 2. The van der Waals surface area contributed by atoms with Gasteiger partial charge in [-0.05, 0) is 63.2 Å². The number of nitrogens with one attached hydrogen (secondary N) is 3. The fourth-order valence-electron chi connectivity index (χ4n) is 3.01. The van der Waals surface area contributed by atoms with E-state index >= 15 is 0 Å². The van der Waals surface area contributed by atoms with E-state index in [2.05, 4.69) is 55.5 Å². The smallest absolute Gasteiger partial charge is 0.442 e. The predicted molar refractivity (Wildman–Crippen MR) is 204 cm³/mol. The van der Waals surface area contributed by atoms with Crippen molar-refractivity contribution in [1.29, 1.82) is 5.26 Å². The second-order valence-electron chi connectivity index (χ2n) is 12.7. The number of hydrogen-bond donors (Lipinski definition) is 5. The fourth-order valence-corrected chi connectivity index (χ4v) is 4.08. The van der Waals surface area contributed by atoms with Gasteiger partial charge in [0.2, 0.25) is 23.1 Å². The highest BCUT2D eigenvalue weighted by molar-refractivity contribution is 7.94. The molecule has 292 valence electrons. The van der Waals surface area contributed by atoms with Crippen molar-refractivity contribution in [3.63, 3.8) is 0 Å². The maximum absolute atomic E-state index is 12.1. The molecule has 1 atom stereocenters. The molecule has 0 aliphatic carbocycles. The third-order valence-electron chi connectivity index (χ3n) is 5.02. The average molecular weight is 831 g/mol. The molecule has 1 aromatic carbocycles. The zero-order valence-corrected chi connectivity index (χ0v) is 34.8. The van der Waals surface area contributed by atoms with Gasteiger partial charge in [-0.25, -0.2) is 4.79 Å². The van der Waals surface area contributed by atoms with Crippen LogP contribution >= 0.6 is 42.4 Å². The summed E-state index contributed by atoms with van der Waals surface area (Å²) in [6, 6.07) is 5.19. The molecule has 3 aromatic rings. The van der Waals surface area contributed by atoms with Crippen molar-refractivity contribution < 1.29 is 33.4 Å². The molecule has 0 aliphatic rings. The van der Waals surface area contributed by atoms with E-state index in [1.165, 1.54) is 6.07 Å². The lowest BCUT2D eigenvalue weighted by molar-refractivity contribution is -0.193. The number of nitriles is 1. The molecule has 2 heterocycles. The number of hydrogen-bond acceptors (Lipinski definition) is 14. The zero-order valence-electron chi connectivity index (χ0n) is 30.9. The summed E-state index contributed by atoms with van der Waals surface area (Å²) in [5, 5.41) is 29.6. The molecule has 3 rings (SSSR count). The van der Waals surface area contributed by atoms with Crippen LogP contribution < -0.4 is 31.3 Å². The van der Waals surface area contributed by atoms with Gasteiger partial charge in [-0.2, -0.15) is 24.9 Å². The minimum absolute atomic E-state index is 0.0642. The largest absolute Gasteiger partial charge is 0.778 e. The van der Waals surface area contributed by atoms with Gasteiger partial charge in [-0.15, -0.1) is 5.10 Å². The summed E-state index contributed by atoms with van der Waals surface area (Å²) < 4.78 is 21.9. The predicted octanol–water partition coefficient (Wildman–Crippen LogP) is 4.55. The molecule has 0 saturated carbocycles. The summed E-state index contributed by atoms with van der Waals surface area (Å²) in [7, 11) is -3.71. The van der Waals surface area contributed by atoms with Gasteiger partial charge in [0.05, 0.1) is 59.5 Å². The number of rotatable bonds is 11. The van der Waals surface area contributed by atoms with Crippen molar-refractivity contribution in [1.82, 2.24) is 30.0 Å². The van der Waals surface area contributed by atoms with Crippen molar-refractivity contribution in [2.45, 2.75) is 72.4 Å².